The van der Waals surface area contributed by atoms with Crippen molar-refractivity contribution in [3.63, 3.8) is 0 Å². The monoisotopic (exact) mass is 343 g/mol. The predicted molar refractivity (Wildman–Crippen MR) is 98.2 cm³/mol. The Hall–Kier alpha value is -2.56. The van der Waals surface area contributed by atoms with Crippen molar-refractivity contribution in [2.75, 3.05) is 18.5 Å². The lowest BCUT2D eigenvalue weighted by Crippen LogP contribution is -2.43. The first kappa shape index (κ1) is 18.8. The van der Waals surface area contributed by atoms with Gasteiger partial charge in [-0.05, 0) is 38.5 Å². The highest BCUT2D eigenvalue weighted by molar-refractivity contribution is 5.90. The lowest BCUT2D eigenvalue weighted by atomic mass is 10.2. The van der Waals surface area contributed by atoms with E-state index in [0.29, 0.717) is 30.4 Å². The molecule has 0 spiro atoms. The van der Waals surface area contributed by atoms with Crippen LogP contribution in [0.1, 0.15) is 32.0 Å². The number of carbonyl (C=O) groups is 1. The third-order valence-electron chi connectivity index (χ3n) is 3.86. The molecule has 5 heteroatoms. The van der Waals surface area contributed by atoms with Crippen LogP contribution in [0.4, 0.5) is 5.69 Å². The van der Waals surface area contributed by atoms with E-state index in [-0.39, 0.29) is 12.5 Å². The third-order valence-corrected chi connectivity index (χ3v) is 3.86. The standard InChI is InChI=1S/C20H26N2O3/c1-5-16-9-8-15(4)22(13-16)14-20(23)21-17-10-11-18(24-6-2)19(12-17)25-7-3/h8-13H,5-7,14H2,1-4H3/p+1. The van der Waals surface area contributed by atoms with Gasteiger partial charge in [-0.2, -0.15) is 4.57 Å². The van der Waals surface area contributed by atoms with E-state index in [2.05, 4.69) is 18.3 Å². The van der Waals surface area contributed by atoms with Gasteiger partial charge in [-0.3, -0.25) is 4.79 Å². The fourth-order valence-corrected chi connectivity index (χ4v) is 2.53. The summed E-state index contributed by atoms with van der Waals surface area (Å²) >= 11 is 0. The Morgan fingerprint density at radius 1 is 1.04 bits per heavy atom. The zero-order valence-electron chi connectivity index (χ0n) is 15.5. The van der Waals surface area contributed by atoms with Crippen LogP contribution in [0.5, 0.6) is 11.5 Å². The second kappa shape index (κ2) is 9.06. The summed E-state index contributed by atoms with van der Waals surface area (Å²) in [5, 5.41) is 2.93. The van der Waals surface area contributed by atoms with Gasteiger partial charge in [-0.1, -0.05) is 6.92 Å². The van der Waals surface area contributed by atoms with Crippen molar-refractivity contribution in [3.8, 4) is 11.5 Å². The molecule has 1 aromatic carbocycles. The molecule has 1 aromatic heterocycles. The predicted octanol–water partition coefficient (Wildman–Crippen LogP) is 3.28. The fourth-order valence-electron chi connectivity index (χ4n) is 2.53. The number of hydrogen-bond acceptors (Lipinski definition) is 3. The lowest BCUT2D eigenvalue weighted by molar-refractivity contribution is -0.690. The highest BCUT2D eigenvalue weighted by Crippen LogP contribution is 2.30. The van der Waals surface area contributed by atoms with Gasteiger partial charge in [0.2, 0.25) is 6.54 Å². The van der Waals surface area contributed by atoms with Crippen LogP contribution in [-0.4, -0.2) is 19.1 Å². The number of carbonyl (C=O) groups excluding carboxylic acids is 1. The number of hydrogen-bond donors (Lipinski definition) is 1. The largest absolute Gasteiger partial charge is 0.490 e. The first-order valence-electron chi connectivity index (χ1n) is 8.75. The quantitative estimate of drug-likeness (QED) is 0.749. The van der Waals surface area contributed by atoms with Gasteiger partial charge >= 0.3 is 0 Å². The number of aryl methyl sites for hydroxylation is 2. The summed E-state index contributed by atoms with van der Waals surface area (Å²) < 4.78 is 13.1. The normalized spacial score (nSPS) is 10.4. The Balaban J connectivity index is 2.11. The summed E-state index contributed by atoms with van der Waals surface area (Å²) in [6.45, 7) is 9.32. The summed E-state index contributed by atoms with van der Waals surface area (Å²) in [4.78, 5) is 12.4. The second-order valence-corrected chi connectivity index (χ2v) is 5.74. The molecule has 0 aliphatic carbocycles. The van der Waals surface area contributed by atoms with Gasteiger partial charge in [-0.15, -0.1) is 0 Å². The second-order valence-electron chi connectivity index (χ2n) is 5.74. The lowest BCUT2D eigenvalue weighted by Gasteiger charge is -2.12. The maximum atomic E-state index is 12.4. The number of amides is 1. The van der Waals surface area contributed by atoms with Crippen LogP contribution >= 0.6 is 0 Å². The van der Waals surface area contributed by atoms with Gasteiger partial charge < -0.3 is 14.8 Å². The van der Waals surface area contributed by atoms with Crippen molar-refractivity contribution in [1.29, 1.82) is 0 Å². The van der Waals surface area contributed by atoms with Gasteiger partial charge in [0.1, 0.15) is 0 Å². The van der Waals surface area contributed by atoms with Crippen LogP contribution in [0.3, 0.4) is 0 Å². The molecular weight excluding hydrogens is 316 g/mol. The number of nitrogens with one attached hydrogen (secondary N) is 1. The maximum absolute atomic E-state index is 12.4. The molecule has 0 aliphatic heterocycles. The van der Waals surface area contributed by atoms with Crippen molar-refractivity contribution in [1.82, 2.24) is 0 Å². The summed E-state index contributed by atoms with van der Waals surface area (Å²) in [5.41, 5.74) is 2.95. The zero-order chi connectivity index (χ0) is 18.2. The number of nitrogens with zero attached hydrogens (tertiary/aromatic N) is 1. The van der Waals surface area contributed by atoms with Crippen molar-refractivity contribution >= 4 is 11.6 Å². The Kier molecular flexibility index (Phi) is 6.81. The van der Waals surface area contributed by atoms with Crippen LogP contribution in [0.15, 0.2) is 36.5 Å². The molecule has 0 radical (unpaired) electrons. The van der Waals surface area contributed by atoms with Crippen molar-refractivity contribution in [3.05, 3.63) is 47.8 Å². The van der Waals surface area contributed by atoms with Gasteiger partial charge in [0.25, 0.3) is 5.91 Å². The number of pyridine rings is 1. The molecule has 134 valence electrons. The van der Waals surface area contributed by atoms with E-state index >= 15 is 0 Å². The number of rotatable bonds is 8. The number of aromatic nitrogens is 1. The number of ether oxygens (including phenoxy) is 2. The number of anilines is 1. The molecule has 0 bridgehead atoms. The Labute approximate surface area is 149 Å². The summed E-state index contributed by atoms with van der Waals surface area (Å²) in [6, 6.07) is 9.57. The minimum atomic E-state index is -0.0760. The van der Waals surface area contributed by atoms with Crippen LogP contribution < -0.4 is 19.4 Å². The molecule has 0 saturated carbocycles. The Bertz CT molecular complexity index is 729. The highest BCUT2D eigenvalue weighted by Gasteiger charge is 2.14. The summed E-state index contributed by atoms with van der Waals surface area (Å²) in [5.74, 6) is 1.25. The summed E-state index contributed by atoms with van der Waals surface area (Å²) in [7, 11) is 0. The smallest absolute Gasteiger partial charge is 0.290 e. The molecule has 0 aliphatic rings. The highest BCUT2D eigenvalue weighted by atomic mass is 16.5. The topological polar surface area (TPSA) is 51.4 Å². The van der Waals surface area contributed by atoms with E-state index in [1.54, 1.807) is 6.07 Å². The molecule has 1 N–H and O–H groups in total. The van der Waals surface area contributed by atoms with Crippen LogP contribution in [0.25, 0.3) is 0 Å². The molecule has 1 heterocycles. The van der Waals surface area contributed by atoms with Crippen molar-refractivity contribution < 1.29 is 18.8 Å². The molecule has 5 nitrogen and oxygen atoms in total. The molecule has 0 saturated heterocycles. The fraction of sp³-hybridized carbons (Fsp3) is 0.400. The van der Waals surface area contributed by atoms with E-state index in [1.807, 2.05) is 49.7 Å². The molecule has 2 aromatic rings. The first-order chi connectivity index (χ1) is 12.1. The molecule has 0 unspecified atom stereocenters. The van der Waals surface area contributed by atoms with Gasteiger partial charge in [0.15, 0.2) is 23.4 Å². The van der Waals surface area contributed by atoms with Gasteiger partial charge in [0, 0.05) is 30.3 Å². The van der Waals surface area contributed by atoms with E-state index in [0.717, 1.165) is 12.1 Å². The van der Waals surface area contributed by atoms with Crippen LogP contribution in [-0.2, 0) is 17.8 Å². The van der Waals surface area contributed by atoms with Crippen molar-refractivity contribution in [2.45, 2.75) is 40.7 Å². The Morgan fingerprint density at radius 2 is 1.76 bits per heavy atom. The minimum Gasteiger partial charge on any atom is -0.490 e. The molecule has 2 rings (SSSR count). The zero-order valence-corrected chi connectivity index (χ0v) is 15.5. The average Bonchev–Trinajstić information content (AvgIpc) is 2.59. The minimum absolute atomic E-state index is 0.0760. The SMILES string of the molecule is CCOc1ccc(NC(=O)C[n+]2cc(CC)ccc2C)cc1OCC. The number of benzene rings is 1. The average molecular weight is 343 g/mol. The van der Waals surface area contributed by atoms with Crippen LogP contribution in [0, 0.1) is 6.92 Å². The molecule has 0 atom stereocenters. The first-order valence-corrected chi connectivity index (χ1v) is 8.75. The van der Waals surface area contributed by atoms with Crippen LogP contribution in [0.2, 0.25) is 0 Å². The van der Waals surface area contributed by atoms with E-state index in [1.165, 1.54) is 5.56 Å². The van der Waals surface area contributed by atoms with Gasteiger partial charge in [0.05, 0.1) is 13.2 Å². The van der Waals surface area contributed by atoms with E-state index < -0.39 is 0 Å². The molecule has 1 amide bonds. The molecular formula is C20H27N2O3+. The summed E-state index contributed by atoms with van der Waals surface area (Å²) in [6.07, 6.45) is 2.97. The molecule has 25 heavy (non-hydrogen) atoms. The van der Waals surface area contributed by atoms with E-state index in [9.17, 15) is 4.79 Å². The Morgan fingerprint density at radius 3 is 2.44 bits per heavy atom. The van der Waals surface area contributed by atoms with Gasteiger partial charge in [-0.25, -0.2) is 0 Å². The third kappa shape index (κ3) is 5.21. The molecule has 0 fully saturated rings. The van der Waals surface area contributed by atoms with Crippen molar-refractivity contribution in [2.24, 2.45) is 0 Å². The van der Waals surface area contributed by atoms with E-state index in [4.69, 9.17) is 9.47 Å². The maximum Gasteiger partial charge on any atom is 0.290 e.